The quantitative estimate of drug-likeness (QED) is 0.636. The molecule has 4 nitrogen and oxygen atoms in total. The number of carbonyl (C=O) groups is 2. The Morgan fingerprint density at radius 1 is 1.28 bits per heavy atom. The highest BCUT2D eigenvalue weighted by atomic mass is 32.2. The van der Waals surface area contributed by atoms with Crippen LogP contribution in [0.25, 0.3) is 0 Å². The maximum absolute atomic E-state index is 11.9. The molecule has 1 amide bonds. The fourth-order valence-corrected chi connectivity index (χ4v) is 2.30. The lowest BCUT2D eigenvalue weighted by molar-refractivity contribution is -0.127. The van der Waals surface area contributed by atoms with Crippen molar-refractivity contribution in [2.45, 2.75) is 57.7 Å². The zero-order valence-corrected chi connectivity index (χ0v) is 12.5. The molecule has 0 aromatic heterocycles. The first-order chi connectivity index (χ1) is 8.51. The molecule has 5 heteroatoms. The molecule has 0 aliphatic carbocycles. The maximum Gasteiger partial charge on any atom is 0.220 e. The molecule has 0 saturated carbocycles. The van der Waals surface area contributed by atoms with E-state index in [9.17, 15) is 9.59 Å². The Hall–Kier alpha value is -0.550. The minimum Gasteiger partial charge on any atom is -0.345 e. The fourth-order valence-electron chi connectivity index (χ4n) is 1.45. The molecule has 0 aliphatic heterocycles. The average molecular weight is 274 g/mol. The third-order valence-corrected chi connectivity index (χ3v) is 3.62. The molecular weight excluding hydrogens is 248 g/mol. The molecule has 18 heavy (non-hydrogen) atoms. The number of amides is 1. The Balaban J connectivity index is 4.27. The Morgan fingerprint density at radius 3 is 2.44 bits per heavy atom. The van der Waals surface area contributed by atoms with Crippen LogP contribution >= 0.6 is 11.8 Å². The first-order valence-corrected chi connectivity index (χ1v) is 7.69. The zero-order chi connectivity index (χ0) is 14.0. The molecule has 0 aromatic rings. The highest BCUT2D eigenvalue weighted by molar-refractivity contribution is 7.99. The Morgan fingerprint density at radius 2 is 1.94 bits per heavy atom. The van der Waals surface area contributed by atoms with E-state index in [2.05, 4.69) is 19.2 Å². The van der Waals surface area contributed by atoms with Gasteiger partial charge in [0, 0.05) is 18.6 Å². The topological polar surface area (TPSA) is 72.2 Å². The second-order valence-corrected chi connectivity index (χ2v) is 6.22. The molecule has 106 valence electrons. The first-order valence-electron chi connectivity index (χ1n) is 6.65. The predicted octanol–water partition coefficient (Wildman–Crippen LogP) is 1.72. The van der Waals surface area contributed by atoms with Gasteiger partial charge in [-0.2, -0.15) is 11.8 Å². The number of hydrogen-bond donors (Lipinski definition) is 2. The van der Waals surface area contributed by atoms with Gasteiger partial charge in [0.2, 0.25) is 5.91 Å². The van der Waals surface area contributed by atoms with E-state index in [0.29, 0.717) is 36.8 Å². The van der Waals surface area contributed by atoms with Crippen molar-refractivity contribution in [3.05, 3.63) is 0 Å². The number of rotatable bonds is 10. The Labute approximate surface area is 114 Å². The van der Waals surface area contributed by atoms with Gasteiger partial charge in [-0.25, -0.2) is 0 Å². The van der Waals surface area contributed by atoms with Gasteiger partial charge in [0.1, 0.15) is 0 Å². The van der Waals surface area contributed by atoms with Gasteiger partial charge in [-0.1, -0.05) is 20.8 Å². The predicted molar refractivity (Wildman–Crippen MR) is 77.7 cm³/mol. The van der Waals surface area contributed by atoms with Crippen molar-refractivity contribution in [2.24, 2.45) is 5.73 Å². The van der Waals surface area contributed by atoms with Crippen LogP contribution in [0.2, 0.25) is 0 Å². The van der Waals surface area contributed by atoms with Crippen LogP contribution in [0.1, 0.15) is 46.5 Å². The number of nitrogens with one attached hydrogen (secondary N) is 1. The number of nitrogens with two attached hydrogens (primary N) is 1. The molecule has 0 aliphatic rings. The lowest BCUT2D eigenvalue weighted by Gasteiger charge is -2.18. The standard InChI is InChI=1S/C13H26N2O2S/c1-4-6-12(16)11(9-18-10(2)3)15-13(17)7-5-8-14/h10-11H,4-9,14H2,1-3H3,(H,15,17). The van der Waals surface area contributed by atoms with E-state index in [1.165, 1.54) is 0 Å². The minimum atomic E-state index is -0.345. The van der Waals surface area contributed by atoms with Gasteiger partial charge in [0.25, 0.3) is 0 Å². The molecule has 1 unspecified atom stereocenters. The maximum atomic E-state index is 11.9. The second kappa shape index (κ2) is 10.4. The zero-order valence-electron chi connectivity index (χ0n) is 11.7. The van der Waals surface area contributed by atoms with E-state index in [1.54, 1.807) is 11.8 Å². The van der Waals surface area contributed by atoms with Crippen LogP contribution in [-0.2, 0) is 9.59 Å². The molecule has 0 heterocycles. The molecule has 1 atom stereocenters. The van der Waals surface area contributed by atoms with Gasteiger partial charge in [-0.05, 0) is 24.6 Å². The molecule has 0 rings (SSSR count). The highest BCUT2D eigenvalue weighted by Gasteiger charge is 2.20. The van der Waals surface area contributed by atoms with Gasteiger partial charge < -0.3 is 11.1 Å². The van der Waals surface area contributed by atoms with Crippen LogP contribution < -0.4 is 11.1 Å². The number of hydrogen-bond acceptors (Lipinski definition) is 4. The number of ketones is 1. The highest BCUT2D eigenvalue weighted by Crippen LogP contribution is 2.12. The number of thioether (sulfide) groups is 1. The second-order valence-electron chi connectivity index (χ2n) is 4.61. The van der Waals surface area contributed by atoms with Crippen molar-refractivity contribution in [3.8, 4) is 0 Å². The molecule has 3 N–H and O–H groups in total. The largest absolute Gasteiger partial charge is 0.345 e. The van der Waals surface area contributed by atoms with Crippen LogP contribution in [0.15, 0.2) is 0 Å². The van der Waals surface area contributed by atoms with Crippen molar-refractivity contribution in [1.29, 1.82) is 0 Å². The summed E-state index contributed by atoms with van der Waals surface area (Å²) < 4.78 is 0. The van der Waals surface area contributed by atoms with E-state index >= 15 is 0 Å². The van der Waals surface area contributed by atoms with Crippen molar-refractivity contribution < 1.29 is 9.59 Å². The molecular formula is C13H26N2O2S. The number of Topliss-reactive ketones (excluding diaryl/α,β-unsaturated/α-hetero) is 1. The van der Waals surface area contributed by atoms with E-state index in [1.807, 2.05) is 6.92 Å². The first kappa shape index (κ1) is 17.4. The third kappa shape index (κ3) is 8.53. The molecule has 0 aromatic carbocycles. The van der Waals surface area contributed by atoms with Crippen LogP contribution in [0.5, 0.6) is 0 Å². The van der Waals surface area contributed by atoms with Crippen LogP contribution in [-0.4, -0.2) is 35.3 Å². The summed E-state index contributed by atoms with van der Waals surface area (Å²) in [6.45, 7) is 6.65. The summed E-state index contributed by atoms with van der Waals surface area (Å²) in [7, 11) is 0. The van der Waals surface area contributed by atoms with Gasteiger partial charge in [-0.3, -0.25) is 9.59 Å². The van der Waals surface area contributed by atoms with E-state index in [4.69, 9.17) is 5.73 Å². The molecule has 0 fully saturated rings. The lowest BCUT2D eigenvalue weighted by atomic mass is 10.1. The molecule has 0 bridgehead atoms. The van der Waals surface area contributed by atoms with Crippen LogP contribution in [0.3, 0.4) is 0 Å². The summed E-state index contributed by atoms with van der Waals surface area (Å²) in [5, 5.41) is 3.29. The Bertz CT molecular complexity index is 257. The molecule has 0 spiro atoms. The van der Waals surface area contributed by atoms with Gasteiger partial charge >= 0.3 is 0 Å². The van der Waals surface area contributed by atoms with E-state index < -0.39 is 0 Å². The molecule has 0 saturated heterocycles. The summed E-state index contributed by atoms with van der Waals surface area (Å²) in [5.41, 5.74) is 5.36. The van der Waals surface area contributed by atoms with Crippen molar-refractivity contribution >= 4 is 23.5 Å². The number of carbonyl (C=O) groups excluding carboxylic acids is 2. The van der Waals surface area contributed by atoms with Gasteiger partial charge in [-0.15, -0.1) is 0 Å². The lowest BCUT2D eigenvalue weighted by Crippen LogP contribution is -2.42. The normalized spacial score (nSPS) is 12.5. The van der Waals surface area contributed by atoms with Gasteiger partial charge in [0.05, 0.1) is 6.04 Å². The van der Waals surface area contributed by atoms with Gasteiger partial charge in [0.15, 0.2) is 5.78 Å². The molecule has 0 radical (unpaired) electrons. The van der Waals surface area contributed by atoms with Crippen LogP contribution in [0.4, 0.5) is 0 Å². The third-order valence-electron chi connectivity index (χ3n) is 2.42. The summed E-state index contributed by atoms with van der Waals surface area (Å²) in [6.07, 6.45) is 2.41. The average Bonchev–Trinajstić information content (AvgIpc) is 2.31. The van der Waals surface area contributed by atoms with Crippen molar-refractivity contribution in [2.75, 3.05) is 12.3 Å². The monoisotopic (exact) mass is 274 g/mol. The minimum absolute atomic E-state index is 0.0701. The van der Waals surface area contributed by atoms with E-state index in [-0.39, 0.29) is 17.7 Å². The summed E-state index contributed by atoms with van der Waals surface area (Å²) >= 11 is 1.70. The Kier molecular flexibility index (Phi) is 10.1. The van der Waals surface area contributed by atoms with Crippen molar-refractivity contribution in [1.82, 2.24) is 5.32 Å². The van der Waals surface area contributed by atoms with E-state index in [0.717, 1.165) is 6.42 Å². The summed E-state index contributed by atoms with van der Waals surface area (Å²) in [4.78, 5) is 23.5. The summed E-state index contributed by atoms with van der Waals surface area (Å²) in [5.74, 6) is 0.719. The smallest absolute Gasteiger partial charge is 0.220 e. The SMILES string of the molecule is CCCC(=O)C(CSC(C)C)NC(=O)CCCN. The fraction of sp³-hybridized carbons (Fsp3) is 0.846. The van der Waals surface area contributed by atoms with Crippen LogP contribution in [0, 0.1) is 0 Å². The summed E-state index contributed by atoms with van der Waals surface area (Å²) in [6, 6.07) is -0.345. The van der Waals surface area contributed by atoms with Crippen molar-refractivity contribution in [3.63, 3.8) is 0 Å².